The van der Waals surface area contributed by atoms with E-state index in [9.17, 15) is 10.1 Å². The van der Waals surface area contributed by atoms with Crippen LogP contribution in [0.3, 0.4) is 0 Å². The minimum Gasteiger partial charge on any atom is -0.365 e. The lowest BCUT2D eigenvalue weighted by molar-refractivity contribution is -0.385. The summed E-state index contributed by atoms with van der Waals surface area (Å²) in [7, 11) is 0. The van der Waals surface area contributed by atoms with Crippen LogP contribution < -0.4 is 10.2 Å². The number of rotatable bonds is 4. The number of nitro groups is 1. The normalized spacial score (nSPS) is 16.8. The van der Waals surface area contributed by atoms with Gasteiger partial charge in [0, 0.05) is 31.4 Å². The van der Waals surface area contributed by atoms with E-state index in [1.54, 1.807) is 18.3 Å². The highest BCUT2D eigenvalue weighted by Gasteiger charge is 2.23. The van der Waals surface area contributed by atoms with Crippen LogP contribution in [0.25, 0.3) is 0 Å². The summed E-state index contributed by atoms with van der Waals surface area (Å²) in [4.78, 5) is 20.6. The van der Waals surface area contributed by atoms with Gasteiger partial charge in [-0.2, -0.15) is 5.26 Å². The Morgan fingerprint density at radius 2 is 2.17 bits per heavy atom. The number of nitriles is 1. The van der Waals surface area contributed by atoms with Gasteiger partial charge in [-0.05, 0) is 24.6 Å². The van der Waals surface area contributed by atoms with E-state index in [0.717, 1.165) is 25.3 Å². The Morgan fingerprint density at radius 1 is 1.30 bits per heavy atom. The first-order valence-electron chi connectivity index (χ1n) is 7.14. The molecule has 0 bridgehead atoms. The van der Waals surface area contributed by atoms with E-state index in [4.69, 9.17) is 5.26 Å². The van der Waals surface area contributed by atoms with Crippen molar-refractivity contribution in [3.8, 4) is 6.07 Å². The molecule has 0 saturated carbocycles. The summed E-state index contributed by atoms with van der Waals surface area (Å²) in [5.74, 6) is 1.46. The Kier molecular flexibility index (Phi) is 4.01. The Labute approximate surface area is 132 Å². The van der Waals surface area contributed by atoms with Crippen molar-refractivity contribution < 1.29 is 4.92 Å². The van der Waals surface area contributed by atoms with Crippen LogP contribution in [0.2, 0.25) is 0 Å². The van der Waals surface area contributed by atoms with Gasteiger partial charge in [0.25, 0.3) is 5.69 Å². The Hall–Kier alpha value is -3.21. The minimum absolute atomic E-state index is 0.0228. The van der Waals surface area contributed by atoms with E-state index < -0.39 is 4.92 Å². The Morgan fingerprint density at radius 3 is 2.78 bits per heavy atom. The molecule has 8 heteroatoms. The first-order valence-corrected chi connectivity index (χ1v) is 7.14. The second kappa shape index (κ2) is 6.27. The zero-order valence-corrected chi connectivity index (χ0v) is 12.2. The number of hydrogen-bond donors (Lipinski definition) is 1. The van der Waals surface area contributed by atoms with Crippen molar-refractivity contribution in [1.29, 1.82) is 5.26 Å². The standard InChI is InChI=1S/C15H14N6O2/c16-7-11-1-4-15(18-8-11)20-6-5-12(10-20)19-14-3-2-13(9-17-14)21(22)23/h1-4,8-9,12H,5-6,10H2,(H,17,19)/t12-/m1/s1. The highest BCUT2D eigenvalue weighted by molar-refractivity contribution is 5.46. The molecule has 0 amide bonds. The largest absolute Gasteiger partial charge is 0.365 e. The molecule has 23 heavy (non-hydrogen) atoms. The van der Waals surface area contributed by atoms with Gasteiger partial charge in [-0.25, -0.2) is 9.97 Å². The molecule has 0 spiro atoms. The molecular weight excluding hydrogens is 296 g/mol. The third-order valence-corrected chi connectivity index (χ3v) is 3.70. The average Bonchev–Trinajstić information content (AvgIpc) is 3.04. The molecular formula is C15H14N6O2. The monoisotopic (exact) mass is 310 g/mol. The fourth-order valence-electron chi connectivity index (χ4n) is 2.51. The maximum atomic E-state index is 10.6. The summed E-state index contributed by atoms with van der Waals surface area (Å²) in [5, 5.41) is 22.7. The van der Waals surface area contributed by atoms with E-state index in [1.165, 1.54) is 12.3 Å². The van der Waals surface area contributed by atoms with Gasteiger partial charge in [-0.15, -0.1) is 0 Å². The number of aromatic nitrogens is 2. The van der Waals surface area contributed by atoms with Crippen LogP contribution in [0.4, 0.5) is 17.3 Å². The first kappa shape index (κ1) is 14.7. The number of nitrogens with zero attached hydrogens (tertiary/aromatic N) is 5. The summed E-state index contributed by atoms with van der Waals surface area (Å²) in [5.41, 5.74) is 0.517. The summed E-state index contributed by atoms with van der Waals surface area (Å²) in [6.07, 6.45) is 3.73. The van der Waals surface area contributed by atoms with Crippen molar-refractivity contribution in [2.45, 2.75) is 12.5 Å². The quantitative estimate of drug-likeness (QED) is 0.679. The van der Waals surface area contributed by atoms with E-state index in [1.807, 2.05) is 12.1 Å². The predicted molar refractivity (Wildman–Crippen MR) is 84.1 cm³/mol. The molecule has 0 aliphatic carbocycles. The highest BCUT2D eigenvalue weighted by atomic mass is 16.6. The number of hydrogen-bond acceptors (Lipinski definition) is 7. The first-order chi connectivity index (χ1) is 11.2. The fraction of sp³-hybridized carbons (Fsp3) is 0.267. The summed E-state index contributed by atoms with van der Waals surface area (Å²) >= 11 is 0. The van der Waals surface area contributed by atoms with E-state index in [0.29, 0.717) is 11.4 Å². The summed E-state index contributed by atoms with van der Waals surface area (Å²) in [6.45, 7) is 1.61. The van der Waals surface area contributed by atoms with Crippen LogP contribution in [0.15, 0.2) is 36.7 Å². The van der Waals surface area contributed by atoms with Gasteiger partial charge in [0.15, 0.2) is 0 Å². The molecule has 2 aromatic rings. The third kappa shape index (κ3) is 3.35. The molecule has 1 N–H and O–H groups in total. The Bertz CT molecular complexity index is 738. The van der Waals surface area contributed by atoms with Crippen LogP contribution in [0.1, 0.15) is 12.0 Å². The van der Waals surface area contributed by atoms with Crippen LogP contribution in [-0.2, 0) is 0 Å². The van der Waals surface area contributed by atoms with Gasteiger partial charge in [0.2, 0.25) is 0 Å². The van der Waals surface area contributed by atoms with Crippen molar-refractivity contribution >= 4 is 17.3 Å². The maximum absolute atomic E-state index is 10.6. The predicted octanol–water partition coefficient (Wildman–Crippen LogP) is 1.95. The van der Waals surface area contributed by atoms with E-state index >= 15 is 0 Å². The van der Waals surface area contributed by atoms with Crippen molar-refractivity contribution in [3.05, 3.63) is 52.3 Å². The fourth-order valence-corrected chi connectivity index (χ4v) is 2.51. The lowest BCUT2D eigenvalue weighted by atomic mass is 10.2. The average molecular weight is 310 g/mol. The van der Waals surface area contributed by atoms with E-state index in [-0.39, 0.29) is 11.7 Å². The second-order valence-electron chi connectivity index (χ2n) is 5.25. The van der Waals surface area contributed by atoms with Gasteiger partial charge in [-0.3, -0.25) is 10.1 Å². The van der Waals surface area contributed by atoms with Gasteiger partial charge in [0.05, 0.1) is 10.5 Å². The van der Waals surface area contributed by atoms with E-state index in [2.05, 4.69) is 20.2 Å². The van der Waals surface area contributed by atoms with Gasteiger partial charge < -0.3 is 10.2 Å². The topological polar surface area (TPSA) is 108 Å². The van der Waals surface area contributed by atoms with Crippen LogP contribution in [0, 0.1) is 21.4 Å². The van der Waals surface area contributed by atoms with Gasteiger partial charge in [0.1, 0.15) is 23.9 Å². The molecule has 1 fully saturated rings. The molecule has 1 atom stereocenters. The molecule has 1 aliphatic heterocycles. The molecule has 0 unspecified atom stereocenters. The molecule has 0 radical (unpaired) electrons. The van der Waals surface area contributed by atoms with Gasteiger partial charge in [-0.1, -0.05) is 0 Å². The molecule has 3 heterocycles. The smallest absolute Gasteiger partial charge is 0.287 e. The highest BCUT2D eigenvalue weighted by Crippen LogP contribution is 2.21. The van der Waals surface area contributed by atoms with Crippen LogP contribution in [0.5, 0.6) is 0 Å². The van der Waals surface area contributed by atoms with Crippen molar-refractivity contribution in [2.75, 3.05) is 23.3 Å². The van der Waals surface area contributed by atoms with Gasteiger partial charge >= 0.3 is 0 Å². The zero-order valence-electron chi connectivity index (χ0n) is 12.2. The summed E-state index contributed by atoms with van der Waals surface area (Å²) in [6, 6.07) is 8.88. The second-order valence-corrected chi connectivity index (χ2v) is 5.25. The zero-order chi connectivity index (χ0) is 16.2. The maximum Gasteiger partial charge on any atom is 0.287 e. The lowest BCUT2D eigenvalue weighted by Gasteiger charge is -2.18. The van der Waals surface area contributed by atoms with Crippen LogP contribution >= 0.6 is 0 Å². The number of anilines is 2. The van der Waals surface area contributed by atoms with Crippen LogP contribution in [-0.4, -0.2) is 34.0 Å². The lowest BCUT2D eigenvalue weighted by Crippen LogP contribution is -2.26. The van der Waals surface area contributed by atoms with Crippen molar-refractivity contribution in [1.82, 2.24) is 9.97 Å². The molecule has 1 saturated heterocycles. The van der Waals surface area contributed by atoms with Crippen molar-refractivity contribution in [2.24, 2.45) is 0 Å². The molecule has 2 aromatic heterocycles. The number of nitrogens with one attached hydrogen (secondary N) is 1. The molecule has 116 valence electrons. The third-order valence-electron chi connectivity index (χ3n) is 3.70. The minimum atomic E-state index is -0.468. The summed E-state index contributed by atoms with van der Waals surface area (Å²) < 4.78 is 0. The SMILES string of the molecule is N#Cc1ccc(N2CC[C@@H](Nc3ccc([N+](=O)[O-])cn3)C2)nc1. The molecule has 1 aliphatic rings. The Balaban J connectivity index is 1.61. The number of pyridine rings is 2. The molecule has 0 aromatic carbocycles. The molecule has 3 rings (SSSR count). The molecule has 8 nitrogen and oxygen atoms in total. The van der Waals surface area contributed by atoms with Crippen molar-refractivity contribution in [3.63, 3.8) is 0 Å².